The monoisotopic (exact) mass is 844 g/mol. The van der Waals surface area contributed by atoms with Crippen molar-refractivity contribution in [2.45, 2.75) is 289 Å². The Morgan fingerprint density at radius 2 is 0.850 bits per heavy atom. The second-order valence-corrected chi connectivity index (χ2v) is 17.9. The molecule has 0 aliphatic carbocycles. The fraction of sp³-hybridized carbons (Fsp3) is 0.852. The zero-order valence-corrected chi connectivity index (χ0v) is 40.1. The molecule has 0 aliphatic rings. The number of carbonyl (C=O) groups excluding carboxylic acids is 2. The molecule has 3 unspecified atom stereocenters. The highest BCUT2D eigenvalue weighted by atomic mass is 16.5. The maximum atomic E-state index is 13.2. The van der Waals surface area contributed by atoms with Gasteiger partial charge in [0.1, 0.15) is 6.10 Å². The summed E-state index contributed by atoms with van der Waals surface area (Å²) in [4.78, 5) is 26.1. The van der Waals surface area contributed by atoms with Crippen LogP contribution in [0.2, 0.25) is 0 Å². The summed E-state index contributed by atoms with van der Waals surface area (Å²) in [5, 5.41) is 23.7. The van der Waals surface area contributed by atoms with Crippen LogP contribution in [0.3, 0.4) is 0 Å². The van der Waals surface area contributed by atoms with Crippen LogP contribution in [0.25, 0.3) is 0 Å². The van der Waals surface area contributed by atoms with Crippen molar-refractivity contribution in [3.63, 3.8) is 0 Å². The second kappa shape index (κ2) is 48.1. The minimum Gasteiger partial charge on any atom is -0.462 e. The van der Waals surface area contributed by atoms with E-state index < -0.39 is 18.2 Å². The molecule has 0 saturated heterocycles. The Hall–Kier alpha value is -1.92. The molecule has 0 aromatic carbocycles. The molecule has 0 fully saturated rings. The molecule has 0 saturated carbocycles. The van der Waals surface area contributed by atoms with E-state index in [1.807, 2.05) is 0 Å². The number of rotatable bonds is 47. The van der Waals surface area contributed by atoms with E-state index in [9.17, 15) is 19.8 Å². The Morgan fingerprint density at radius 1 is 0.483 bits per heavy atom. The van der Waals surface area contributed by atoms with Gasteiger partial charge in [0.05, 0.1) is 25.2 Å². The van der Waals surface area contributed by atoms with Crippen LogP contribution >= 0.6 is 0 Å². The third-order valence-electron chi connectivity index (χ3n) is 12.0. The zero-order valence-electron chi connectivity index (χ0n) is 40.1. The first-order chi connectivity index (χ1) is 29.5. The first-order valence-corrected chi connectivity index (χ1v) is 26.2. The van der Waals surface area contributed by atoms with Gasteiger partial charge in [0.25, 0.3) is 0 Å². The fourth-order valence-corrected chi connectivity index (χ4v) is 7.95. The summed E-state index contributed by atoms with van der Waals surface area (Å²) >= 11 is 0. The second-order valence-electron chi connectivity index (χ2n) is 17.9. The van der Waals surface area contributed by atoms with Crippen molar-refractivity contribution in [2.24, 2.45) is 0 Å². The molecular weight excluding hydrogens is 743 g/mol. The molecule has 352 valence electrons. The topological polar surface area (TPSA) is 95.9 Å². The molecule has 0 bridgehead atoms. The number of aliphatic hydroxyl groups excluding tert-OH is 2. The minimum absolute atomic E-state index is 0.0602. The molecule has 0 spiro atoms. The van der Waals surface area contributed by atoms with Gasteiger partial charge in [-0.1, -0.05) is 218 Å². The van der Waals surface area contributed by atoms with Gasteiger partial charge in [0.15, 0.2) is 0 Å². The van der Waals surface area contributed by atoms with Crippen molar-refractivity contribution in [3.05, 3.63) is 36.5 Å². The Labute approximate surface area is 373 Å². The molecule has 3 atom stereocenters. The molecule has 0 radical (unpaired) electrons. The first-order valence-electron chi connectivity index (χ1n) is 26.2. The van der Waals surface area contributed by atoms with Gasteiger partial charge in [-0.3, -0.25) is 9.59 Å². The van der Waals surface area contributed by atoms with E-state index in [1.54, 1.807) is 0 Å². The van der Waals surface area contributed by atoms with Gasteiger partial charge in [-0.15, -0.1) is 0 Å². The summed E-state index contributed by atoms with van der Waals surface area (Å²) in [5.41, 5.74) is 0. The van der Waals surface area contributed by atoms with Crippen LogP contribution < -0.4 is 5.32 Å². The summed E-state index contributed by atoms with van der Waals surface area (Å²) in [6.45, 7) is 6.46. The molecule has 0 heterocycles. The van der Waals surface area contributed by atoms with Crippen LogP contribution in [-0.2, 0) is 14.3 Å². The lowest BCUT2D eigenvalue weighted by Crippen LogP contribution is -2.46. The largest absolute Gasteiger partial charge is 0.462 e. The molecule has 6 nitrogen and oxygen atoms in total. The van der Waals surface area contributed by atoms with Crippen molar-refractivity contribution < 1.29 is 24.5 Å². The normalized spacial score (nSPS) is 13.5. The number of carbonyl (C=O) groups is 2. The van der Waals surface area contributed by atoms with Crippen LogP contribution in [0.4, 0.5) is 0 Å². The molecular formula is C54H101NO5. The average Bonchev–Trinajstić information content (AvgIpc) is 3.24. The third-order valence-corrected chi connectivity index (χ3v) is 12.0. The molecule has 3 N–H and O–H groups in total. The standard InChI is InChI=1S/C54H101NO5/c1-4-7-10-13-16-19-22-24-26-28-29-31-33-36-39-42-45-50(60-54(59)47-44-41-38-35-32-30-27-25-23-20-17-14-11-8-5-2)48-53(58)55-51(49-56)52(57)46-43-40-37-34-21-18-15-12-9-6-3/h20,23,26,28-29,31,50-52,56-57H,4-19,21-22,24-25,27,30,32-49H2,1-3H3,(H,55,58)/b23-20-,28-26+,31-29+. The summed E-state index contributed by atoms with van der Waals surface area (Å²) in [5.74, 6) is -0.497. The number of nitrogens with one attached hydrogen (secondary N) is 1. The van der Waals surface area contributed by atoms with Gasteiger partial charge in [-0.05, 0) is 77.0 Å². The molecule has 0 aromatic rings. The van der Waals surface area contributed by atoms with E-state index in [2.05, 4.69) is 62.5 Å². The van der Waals surface area contributed by atoms with Gasteiger partial charge < -0.3 is 20.3 Å². The highest BCUT2D eigenvalue weighted by Crippen LogP contribution is 2.17. The highest BCUT2D eigenvalue weighted by Gasteiger charge is 2.24. The molecule has 0 aliphatic heterocycles. The van der Waals surface area contributed by atoms with Crippen molar-refractivity contribution in [2.75, 3.05) is 6.61 Å². The first kappa shape index (κ1) is 58.1. The van der Waals surface area contributed by atoms with Gasteiger partial charge in [0, 0.05) is 6.42 Å². The van der Waals surface area contributed by atoms with Crippen molar-refractivity contribution in [1.82, 2.24) is 5.32 Å². The molecule has 0 rings (SSSR count). The van der Waals surface area contributed by atoms with E-state index >= 15 is 0 Å². The number of hydrogen-bond acceptors (Lipinski definition) is 5. The van der Waals surface area contributed by atoms with Gasteiger partial charge in [-0.2, -0.15) is 0 Å². The SMILES string of the molecule is CCCCCC/C=C\CCCCCCCCCC(=O)OC(CCCCC/C=C/C=C/CCCCCCCCC)CC(=O)NC(CO)C(O)CCCCCCCCCCCC. The van der Waals surface area contributed by atoms with Gasteiger partial charge in [0.2, 0.25) is 5.91 Å². The predicted molar refractivity (Wildman–Crippen MR) is 259 cm³/mol. The number of ether oxygens (including phenoxy) is 1. The van der Waals surface area contributed by atoms with Crippen molar-refractivity contribution in [3.8, 4) is 0 Å². The molecule has 0 aromatic heterocycles. The van der Waals surface area contributed by atoms with E-state index in [1.165, 1.54) is 154 Å². The van der Waals surface area contributed by atoms with E-state index in [0.29, 0.717) is 19.3 Å². The lowest BCUT2D eigenvalue weighted by atomic mass is 10.0. The maximum absolute atomic E-state index is 13.2. The Morgan fingerprint density at radius 3 is 1.32 bits per heavy atom. The summed E-state index contributed by atoms with van der Waals surface area (Å²) in [6, 6.07) is -0.708. The zero-order chi connectivity index (χ0) is 43.8. The molecule has 6 heteroatoms. The summed E-state index contributed by atoms with van der Waals surface area (Å²) in [6.07, 6.45) is 56.3. The summed E-state index contributed by atoms with van der Waals surface area (Å²) in [7, 11) is 0. The Kier molecular flexibility index (Phi) is 46.6. The number of hydrogen-bond donors (Lipinski definition) is 3. The number of aliphatic hydroxyl groups is 2. The highest BCUT2D eigenvalue weighted by molar-refractivity contribution is 5.77. The van der Waals surface area contributed by atoms with E-state index in [4.69, 9.17) is 4.74 Å². The van der Waals surface area contributed by atoms with Crippen molar-refractivity contribution in [1.29, 1.82) is 0 Å². The Bertz CT molecular complexity index is 993. The quantitative estimate of drug-likeness (QED) is 0.0245. The molecule has 60 heavy (non-hydrogen) atoms. The molecule has 1 amide bonds. The fourth-order valence-electron chi connectivity index (χ4n) is 7.95. The van der Waals surface area contributed by atoms with E-state index in [0.717, 1.165) is 70.6 Å². The Balaban J connectivity index is 4.62. The number of allylic oxidation sites excluding steroid dienone is 6. The lowest BCUT2D eigenvalue weighted by Gasteiger charge is -2.24. The lowest BCUT2D eigenvalue weighted by molar-refractivity contribution is -0.151. The van der Waals surface area contributed by atoms with Crippen molar-refractivity contribution >= 4 is 11.9 Å². The number of esters is 1. The number of amides is 1. The van der Waals surface area contributed by atoms with Crippen LogP contribution in [0, 0.1) is 0 Å². The van der Waals surface area contributed by atoms with Crippen LogP contribution in [0.15, 0.2) is 36.5 Å². The van der Waals surface area contributed by atoms with E-state index in [-0.39, 0.29) is 24.9 Å². The maximum Gasteiger partial charge on any atom is 0.306 e. The summed E-state index contributed by atoms with van der Waals surface area (Å²) < 4.78 is 5.92. The van der Waals surface area contributed by atoms with Gasteiger partial charge >= 0.3 is 5.97 Å². The third kappa shape index (κ3) is 42.8. The van der Waals surface area contributed by atoms with Crippen LogP contribution in [-0.4, -0.2) is 46.9 Å². The van der Waals surface area contributed by atoms with Gasteiger partial charge in [-0.25, -0.2) is 0 Å². The van der Waals surface area contributed by atoms with Crippen LogP contribution in [0.5, 0.6) is 0 Å². The van der Waals surface area contributed by atoms with Crippen LogP contribution in [0.1, 0.15) is 271 Å². The smallest absolute Gasteiger partial charge is 0.306 e. The minimum atomic E-state index is -0.792. The number of unbranched alkanes of at least 4 members (excludes halogenated alkanes) is 30. The predicted octanol–water partition coefficient (Wildman–Crippen LogP) is 15.7. The average molecular weight is 844 g/mol.